The number of hydrogen-bond acceptors (Lipinski definition) is 4. The second-order valence-corrected chi connectivity index (χ2v) is 24.6. The SMILES string of the molecule is CCCC[Si](CCCC)(CCCC)O[C@@H](C)C[C@@H](C)CC(/C=C(/C)B1Oc2ccccc2O1)O[Si](c1ccccc1)(c1ccccc1)C(C)(C)C. The van der Waals surface area contributed by atoms with Crippen molar-refractivity contribution in [2.24, 2.45) is 5.92 Å². The molecule has 3 aromatic rings. The van der Waals surface area contributed by atoms with Crippen molar-refractivity contribution < 1.29 is 18.2 Å². The Morgan fingerprint density at radius 1 is 0.686 bits per heavy atom. The molecule has 0 fully saturated rings. The van der Waals surface area contributed by atoms with Crippen molar-refractivity contribution in [3.05, 3.63) is 96.5 Å². The molecule has 278 valence electrons. The van der Waals surface area contributed by atoms with Crippen molar-refractivity contribution in [1.29, 1.82) is 0 Å². The van der Waals surface area contributed by atoms with Crippen LogP contribution in [-0.4, -0.2) is 36.0 Å². The molecule has 1 unspecified atom stereocenters. The first-order valence-corrected chi connectivity index (χ1v) is 24.5. The fourth-order valence-electron chi connectivity index (χ4n) is 8.11. The molecule has 0 amide bonds. The van der Waals surface area contributed by atoms with E-state index in [1.165, 1.54) is 67.0 Å². The zero-order valence-corrected chi connectivity index (χ0v) is 35.4. The van der Waals surface area contributed by atoms with Crippen LogP contribution in [0.15, 0.2) is 96.5 Å². The molecule has 0 spiro atoms. The van der Waals surface area contributed by atoms with Gasteiger partial charge in [-0.1, -0.05) is 166 Å². The van der Waals surface area contributed by atoms with E-state index in [2.05, 4.69) is 129 Å². The van der Waals surface area contributed by atoms with Crippen LogP contribution in [0.5, 0.6) is 11.5 Å². The number of allylic oxidation sites excluding steroid dienone is 1. The normalized spacial score (nSPS) is 15.5. The Hall–Kier alpha value is -2.58. The van der Waals surface area contributed by atoms with Gasteiger partial charge in [-0.15, -0.1) is 0 Å². The van der Waals surface area contributed by atoms with E-state index in [0.717, 1.165) is 29.8 Å². The number of fused-ring (bicyclic) bond motifs is 1. The van der Waals surface area contributed by atoms with Crippen LogP contribution in [0.4, 0.5) is 0 Å². The largest absolute Gasteiger partial charge is 0.627 e. The smallest absolute Gasteiger partial charge is 0.519 e. The van der Waals surface area contributed by atoms with Crippen molar-refractivity contribution in [3.63, 3.8) is 0 Å². The summed E-state index contributed by atoms with van der Waals surface area (Å²) in [6.45, 7) is 20.9. The quantitative estimate of drug-likeness (QED) is 0.102. The highest BCUT2D eigenvalue weighted by Gasteiger charge is 2.51. The molecule has 51 heavy (non-hydrogen) atoms. The molecule has 3 aromatic carbocycles. The van der Waals surface area contributed by atoms with Crippen LogP contribution < -0.4 is 19.7 Å². The van der Waals surface area contributed by atoms with Gasteiger partial charge in [-0.2, -0.15) is 0 Å². The van der Waals surface area contributed by atoms with Gasteiger partial charge in [-0.3, -0.25) is 0 Å². The fraction of sp³-hybridized carbons (Fsp3) is 0.545. The van der Waals surface area contributed by atoms with E-state index >= 15 is 0 Å². The lowest BCUT2D eigenvalue weighted by Gasteiger charge is -2.45. The van der Waals surface area contributed by atoms with E-state index in [4.69, 9.17) is 18.2 Å². The summed E-state index contributed by atoms with van der Waals surface area (Å²) >= 11 is 0. The minimum Gasteiger partial charge on any atom is -0.519 e. The predicted molar refractivity (Wildman–Crippen MR) is 224 cm³/mol. The van der Waals surface area contributed by atoms with Crippen LogP contribution in [0.2, 0.25) is 23.2 Å². The van der Waals surface area contributed by atoms with E-state index in [1.54, 1.807) is 0 Å². The molecule has 7 heteroatoms. The first kappa shape index (κ1) is 41.2. The molecule has 0 N–H and O–H groups in total. The van der Waals surface area contributed by atoms with Crippen molar-refractivity contribution in [2.75, 3.05) is 0 Å². The summed E-state index contributed by atoms with van der Waals surface area (Å²) in [5.41, 5.74) is 1.04. The standard InChI is InChI=1S/C44H67BO4Si2/c1-10-13-30-50(31-14-11-2,32-15-12-3)48-38(6)33-36(4)34-39(35-37(5)45-46-42-28-22-23-29-43(42)47-45)49-51(44(7,8)9,40-24-18-16-19-25-40)41-26-20-17-21-27-41/h16-29,35-36,38-39H,10-15,30-34H2,1-9H3/b37-35-/t36-,38+,39?/m1/s1. The topological polar surface area (TPSA) is 36.9 Å². The molecular weight excluding hydrogens is 659 g/mol. The van der Waals surface area contributed by atoms with Crippen molar-refractivity contribution in [3.8, 4) is 11.5 Å². The highest BCUT2D eigenvalue weighted by molar-refractivity contribution is 6.99. The molecule has 4 nitrogen and oxygen atoms in total. The van der Waals surface area contributed by atoms with Crippen molar-refractivity contribution in [2.45, 2.75) is 149 Å². The van der Waals surface area contributed by atoms with Crippen LogP contribution in [0.3, 0.4) is 0 Å². The zero-order chi connectivity index (χ0) is 36.9. The summed E-state index contributed by atoms with van der Waals surface area (Å²) in [5, 5.41) is 2.46. The monoisotopic (exact) mass is 726 g/mol. The number of unbranched alkanes of at least 4 members (excludes halogenated alkanes) is 3. The molecule has 1 aliphatic heterocycles. The predicted octanol–water partition coefficient (Wildman–Crippen LogP) is 11.5. The molecule has 0 bridgehead atoms. The van der Waals surface area contributed by atoms with Gasteiger partial charge in [-0.25, -0.2) is 0 Å². The summed E-state index contributed by atoms with van der Waals surface area (Å²) in [7, 11) is -5.11. The summed E-state index contributed by atoms with van der Waals surface area (Å²) in [4.78, 5) is 0. The third-order valence-electron chi connectivity index (χ3n) is 10.7. The second kappa shape index (κ2) is 19.5. The van der Waals surface area contributed by atoms with Gasteiger partial charge in [0.1, 0.15) is 11.5 Å². The zero-order valence-electron chi connectivity index (χ0n) is 33.4. The van der Waals surface area contributed by atoms with E-state index in [0.29, 0.717) is 5.92 Å². The third kappa shape index (κ3) is 11.0. The van der Waals surface area contributed by atoms with Gasteiger partial charge < -0.3 is 18.2 Å². The number of para-hydroxylation sites is 2. The maximum atomic E-state index is 7.81. The molecule has 0 saturated heterocycles. The van der Waals surface area contributed by atoms with Gasteiger partial charge in [0.2, 0.25) is 0 Å². The Balaban J connectivity index is 1.68. The van der Waals surface area contributed by atoms with Crippen molar-refractivity contribution in [1.82, 2.24) is 0 Å². The molecule has 0 aliphatic carbocycles. The number of hydrogen-bond donors (Lipinski definition) is 0. The van der Waals surface area contributed by atoms with Gasteiger partial charge in [-0.05, 0) is 83.8 Å². The first-order valence-electron chi connectivity index (χ1n) is 20.0. The molecule has 3 atom stereocenters. The van der Waals surface area contributed by atoms with E-state index in [-0.39, 0.29) is 17.2 Å². The summed E-state index contributed by atoms with van der Waals surface area (Å²) < 4.78 is 27.8. The van der Waals surface area contributed by atoms with Gasteiger partial charge in [0, 0.05) is 6.10 Å². The Bertz CT molecular complexity index is 1390. The van der Waals surface area contributed by atoms with E-state index in [9.17, 15) is 0 Å². The van der Waals surface area contributed by atoms with Crippen LogP contribution in [0.1, 0.15) is 114 Å². The van der Waals surface area contributed by atoms with Crippen molar-refractivity contribution >= 4 is 34.1 Å². The molecular formula is C44H67BO4Si2. The highest BCUT2D eigenvalue weighted by atomic mass is 28.4. The lowest BCUT2D eigenvalue weighted by Crippen LogP contribution is -2.67. The van der Waals surface area contributed by atoms with Gasteiger partial charge >= 0.3 is 7.12 Å². The molecule has 1 heterocycles. The average Bonchev–Trinajstić information content (AvgIpc) is 3.56. The summed E-state index contributed by atoms with van der Waals surface area (Å²) in [6.07, 6.45) is 11.9. The minimum atomic E-state index is -2.82. The maximum Gasteiger partial charge on any atom is 0.627 e. The number of rotatable bonds is 21. The van der Waals surface area contributed by atoms with Gasteiger partial charge in [0.05, 0.1) is 6.10 Å². The first-order chi connectivity index (χ1) is 24.5. The molecule has 1 aliphatic rings. The summed E-state index contributed by atoms with van der Waals surface area (Å²) in [6, 6.07) is 33.8. The molecule has 0 aromatic heterocycles. The van der Waals surface area contributed by atoms with Gasteiger partial charge in [0.25, 0.3) is 8.32 Å². The summed E-state index contributed by atoms with van der Waals surface area (Å²) in [5.74, 6) is 1.98. The Kier molecular flexibility index (Phi) is 15.7. The average molecular weight is 727 g/mol. The second-order valence-electron chi connectivity index (χ2n) is 16.2. The molecule has 0 radical (unpaired) electrons. The Morgan fingerprint density at radius 2 is 1.14 bits per heavy atom. The molecule has 4 rings (SSSR count). The number of benzene rings is 3. The van der Waals surface area contributed by atoms with Crippen LogP contribution >= 0.6 is 0 Å². The van der Waals surface area contributed by atoms with Crippen LogP contribution in [0.25, 0.3) is 0 Å². The van der Waals surface area contributed by atoms with Crippen LogP contribution in [-0.2, 0) is 8.85 Å². The lowest BCUT2D eigenvalue weighted by atomic mass is 9.78. The van der Waals surface area contributed by atoms with E-state index in [1.807, 2.05) is 24.3 Å². The van der Waals surface area contributed by atoms with Gasteiger partial charge in [0.15, 0.2) is 8.32 Å². The van der Waals surface area contributed by atoms with Crippen LogP contribution in [0, 0.1) is 5.92 Å². The maximum absolute atomic E-state index is 7.81. The third-order valence-corrected chi connectivity index (χ3v) is 20.4. The lowest BCUT2D eigenvalue weighted by molar-refractivity contribution is 0.147. The minimum absolute atomic E-state index is 0.130. The Labute approximate surface area is 314 Å². The molecule has 0 saturated carbocycles. The Morgan fingerprint density at radius 3 is 1.57 bits per heavy atom. The highest BCUT2D eigenvalue weighted by Crippen LogP contribution is 2.40. The fourth-order valence-corrected chi connectivity index (χ4v) is 17.8. The van der Waals surface area contributed by atoms with E-state index < -0.39 is 23.8 Å².